The minimum Gasteiger partial charge on any atom is -0.495 e. The average Bonchev–Trinajstić information content (AvgIpc) is 2.38. The van der Waals surface area contributed by atoms with E-state index in [1.807, 2.05) is 25.1 Å². The molecule has 0 bridgehead atoms. The van der Waals surface area contributed by atoms with Crippen LogP contribution in [0.25, 0.3) is 0 Å². The van der Waals surface area contributed by atoms with Crippen LogP contribution in [0.5, 0.6) is 5.75 Å². The molecule has 1 heterocycles. The third-order valence-electron chi connectivity index (χ3n) is 2.43. The molecule has 6 nitrogen and oxygen atoms in total. The van der Waals surface area contributed by atoms with Crippen molar-refractivity contribution in [2.24, 2.45) is 0 Å². The van der Waals surface area contributed by atoms with Gasteiger partial charge in [0.1, 0.15) is 5.75 Å². The molecule has 0 amide bonds. The van der Waals surface area contributed by atoms with Crippen LogP contribution < -0.4 is 15.4 Å². The maximum Gasteiger partial charge on any atom is 0.233 e. The molecule has 19 heavy (non-hydrogen) atoms. The Morgan fingerprint density at radius 1 is 1.16 bits per heavy atom. The molecule has 0 radical (unpaired) electrons. The Kier molecular flexibility index (Phi) is 4.01. The molecule has 0 aliphatic carbocycles. The van der Waals surface area contributed by atoms with E-state index in [0.29, 0.717) is 17.6 Å². The SMILES string of the molecule is CNc1nc(Cl)nc(Nc2cc(C)ccc2OC)n1. The van der Waals surface area contributed by atoms with Crippen LogP contribution in [0.4, 0.5) is 17.6 Å². The number of hydrogen-bond donors (Lipinski definition) is 2. The van der Waals surface area contributed by atoms with Crippen LogP contribution in [0.2, 0.25) is 5.28 Å². The summed E-state index contributed by atoms with van der Waals surface area (Å²) in [6.07, 6.45) is 0. The Morgan fingerprint density at radius 3 is 2.58 bits per heavy atom. The van der Waals surface area contributed by atoms with E-state index in [-0.39, 0.29) is 5.28 Å². The standard InChI is InChI=1S/C12H14ClN5O/c1-7-4-5-9(19-3)8(6-7)15-12-17-10(13)16-11(14-2)18-12/h4-6H,1-3H3,(H2,14,15,16,17,18). The van der Waals surface area contributed by atoms with E-state index in [0.717, 1.165) is 11.3 Å². The monoisotopic (exact) mass is 279 g/mol. The summed E-state index contributed by atoms with van der Waals surface area (Å²) in [5.74, 6) is 1.45. The van der Waals surface area contributed by atoms with E-state index in [1.54, 1.807) is 14.2 Å². The van der Waals surface area contributed by atoms with Crippen molar-refractivity contribution in [2.45, 2.75) is 6.92 Å². The highest BCUT2D eigenvalue weighted by molar-refractivity contribution is 6.28. The van der Waals surface area contributed by atoms with Gasteiger partial charge in [-0.05, 0) is 36.2 Å². The molecule has 7 heteroatoms. The normalized spacial score (nSPS) is 10.1. The highest BCUT2D eigenvalue weighted by Gasteiger charge is 2.08. The highest BCUT2D eigenvalue weighted by Crippen LogP contribution is 2.27. The van der Waals surface area contributed by atoms with Crippen molar-refractivity contribution in [3.63, 3.8) is 0 Å². The number of ether oxygens (including phenoxy) is 1. The Morgan fingerprint density at radius 2 is 1.89 bits per heavy atom. The molecule has 2 N–H and O–H groups in total. The molecule has 0 atom stereocenters. The maximum atomic E-state index is 5.83. The van der Waals surface area contributed by atoms with Crippen molar-refractivity contribution in [3.8, 4) is 5.75 Å². The van der Waals surface area contributed by atoms with Crippen molar-refractivity contribution < 1.29 is 4.74 Å². The number of methoxy groups -OCH3 is 1. The lowest BCUT2D eigenvalue weighted by Crippen LogP contribution is -2.04. The third kappa shape index (κ3) is 3.23. The summed E-state index contributed by atoms with van der Waals surface area (Å²) in [4.78, 5) is 12.1. The predicted molar refractivity (Wildman–Crippen MR) is 75.4 cm³/mol. The van der Waals surface area contributed by atoms with Gasteiger partial charge in [0.15, 0.2) is 0 Å². The van der Waals surface area contributed by atoms with Crippen LogP contribution in [0.3, 0.4) is 0 Å². The Balaban J connectivity index is 2.35. The predicted octanol–water partition coefficient (Wildman–Crippen LogP) is 2.63. The lowest BCUT2D eigenvalue weighted by atomic mass is 10.2. The first kappa shape index (κ1) is 13.4. The summed E-state index contributed by atoms with van der Waals surface area (Å²) < 4.78 is 5.28. The molecule has 1 aromatic heterocycles. The van der Waals surface area contributed by atoms with Crippen molar-refractivity contribution in [1.82, 2.24) is 15.0 Å². The fourth-order valence-electron chi connectivity index (χ4n) is 1.56. The van der Waals surface area contributed by atoms with E-state index >= 15 is 0 Å². The van der Waals surface area contributed by atoms with Gasteiger partial charge in [0.25, 0.3) is 0 Å². The molecule has 0 fully saturated rings. The molecule has 1 aromatic carbocycles. The largest absolute Gasteiger partial charge is 0.495 e. The van der Waals surface area contributed by atoms with E-state index in [9.17, 15) is 0 Å². The quantitative estimate of drug-likeness (QED) is 0.896. The number of rotatable bonds is 4. The zero-order valence-corrected chi connectivity index (χ0v) is 11.6. The average molecular weight is 280 g/mol. The zero-order valence-electron chi connectivity index (χ0n) is 10.9. The van der Waals surface area contributed by atoms with Gasteiger partial charge in [-0.2, -0.15) is 15.0 Å². The topological polar surface area (TPSA) is 72.0 Å². The van der Waals surface area contributed by atoms with Gasteiger partial charge in [-0.1, -0.05) is 6.07 Å². The number of aryl methyl sites for hydroxylation is 1. The Hall–Kier alpha value is -2.08. The second-order valence-electron chi connectivity index (χ2n) is 3.83. The molecule has 2 aromatic rings. The van der Waals surface area contributed by atoms with Gasteiger partial charge >= 0.3 is 0 Å². The second kappa shape index (κ2) is 5.71. The molecular weight excluding hydrogens is 266 g/mol. The van der Waals surface area contributed by atoms with Crippen LogP contribution >= 0.6 is 11.6 Å². The molecular formula is C12H14ClN5O. The summed E-state index contributed by atoms with van der Waals surface area (Å²) in [6, 6.07) is 5.78. The smallest absolute Gasteiger partial charge is 0.233 e. The number of hydrogen-bond acceptors (Lipinski definition) is 6. The summed E-state index contributed by atoms with van der Waals surface area (Å²) in [6.45, 7) is 1.99. The summed E-state index contributed by atoms with van der Waals surface area (Å²) in [5.41, 5.74) is 1.86. The lowest BCUT2D eigenvalue weighted by Gasteiger charge is -2.11. The number of nitrogens with zero attached hydrogens (tertiary/aromatic N) is 3. The Labute approximate surface area is 116 Å². The van der Waals surface area contributed by atoms with Crippen LogP contribution in [-0.4, -0.2) is 29.1 Å². The van der Waals surface area contributed by atoms with E-state index < -0.39 is 0 Å². The number of halogens is 1. The zero-order chi connectivity index (χ0) is 13.8. The fourth-order valence-corrected chi connectivity index (χ4v) is 1.72. The third-order valence-corrected chi connectivity index (χ3v) is 2.60. The van der Waals surface area contributed by atoms with Crippen LogP contribution in [0, 0.1) is 6.92 Å². The van der Waals surface area contributed by atoms with Gasteiger partial charge in [-0.15, -0.1) is 0 Å². The van der Waals surface area contributed by atoms with Crippen LogP contribution in [-0.2, 0) is 0 Å². The minimum atomic E-state index is 0.119. The highest BCUT2D eigenvalue weighted by atomic mass is 35.5. The van der Waals surface area contributed by atoms with Gasteiger partial charge in [0.2, 0.25) is 17.2 Å². The Bertz CT molecular complexity index is 590. The van der Waals surface area contributed by atoms with Gasteiger partial charge in [-0.3, -0.25) is 0 Å². The van der Waals surface area contributed by atoms with Gasteiger partial charge in [0, 0.05) is 7.05 Å². The number of benzene rings is 1. The molecule has 0 saturated heterocycles. The number of nitrogens with one attached hydrogen (secondary N) is 2. The van der Waals surface area contributed by atoms with Crippen molar-refractivity contribution in [3.05, 3.63) is 29.0 Å². The van der Waals surface area contributed by atoms with Crippen molar-refractivity contribution in [1.29, 1.82) is 0 Å². The summed E-state index contributed by atoms with van der Waals surface area (Å²) in [5, 5.41) is 6.00. The molecule has 100 valence electrons. The number of aromatic nitrogens is 3. The van der Waals surface area contributed by atoms with Crippen molar-refractivity contribution in [2.75, 3.05) is 24.8 Å². The number of anilines is 3. The van der Waals surface area contributed by atoms with Crippen molar-refractivity contribution >= 4 is 29.2 Å². The first-order chi connectivity index (χ1) is 9.12. The first-order valence-corrected chi connectivity index (χ1v) is 6.01. The summed E-state index contributed by atoms with van der Waals surface area (Å²) in [7, 11) is 3.32. The van der Waals surface area contributed by atoms with Gasteiger partial charge < -0.3 is 15.4 Å². The maximum absolute atomic E-state index is 5.83. The van der Waals surface area contributed by atoms with Gasteiger partial charge in [-0.25, -0.2) is 0 Å². The van der Waals surface area contributed by atoms with E-state index in [2.05, 4.69) is 25.6 Å². The molecule has 2 rings (SSSR count). The first-order valence-electron chi connectivity index (χ1n) is 5.63. The summed E-state index contributed by atoms with van der Waals surface area (Å²) >= 11 is 5.83. The van der Waals surface area contributed by atoms with E-state index in [1.165, 1.54) is 0 Å². The second-order valence-corrected chi connectivity index (χ2v) is 4.17. The fraction of sp³-hybridized carbons (Fsp3) is 0.250. The lowest BCUT2D eigenvalue weighted by molar-refractivity contribution is 0.416. The van der Waals surface area contributed by atoms with Crippen LogP contribution in [0.15, 0.2) is 18.2 Å². The molecule has 0 aliphatic heterocycles. The minimum absolute atomic E-state index is 0.119. The molecule has 0 unspecified atom stereocenters. The molecule has 0 spiro atoms. The molecule has 0 saturated carbocycles. The van der Waals surface area contributed by atoms with Gasteiger partial charge in [0.05, 0.1) is 12.8 Å². The van der Waals surface area contributed by atoms with E-state index in [4.69, 9.17) is 16.3 Å². The van der Waals surface area contributed by atoms with Crippen LogP contribution in [0.1, 0.15) is 5.56 Å². The molecule has 0 aliphatic rings.